The molecule has 1 saturated carbocycles. The van der Waals surface area contributed by atoms with E-state index in [1.165, 1.54) is 0 Å². The zero-order chi connectivity index (χ0) is 15.2. The Morgan fingerprint density at radius 3 is 2.40 bits per heavy atom. The summed E-state index contributed by atoms with van der Waals surface area (Å²) in [4.78, 5) is 4.12. The molecule has 1 aliphatic rings. The standard InChI is InChI=1S/C14H29FN2O2S/c1-16(2)7-8-17(3)9-10-20(18,19)12-13-5-4-6-14(15)11-13/h13-14H,4-12H2,1-3H3/t13?,14-/m0/s1. The van der Waals surface area contributed by atoms with Crippen molar-refractivity contribution < 1.29 is 12.8 Å². The first-order chi connectivity index (χ1) is 9.28. The molecule has 0 heterocycles. The van der Waals surface area contributed by atoms with Gasteiger partial charge in [0, 0.05) is 19.6 Å². The first-order valence-corrected chi connectivity index (χ1v) is 9.28. The van der Waals surface area contributed by atoms with E-state index in [0.29, 0.717) is 19.4 Å². The Morgan fingerprint density at radius 1 is 1.10 bits per heavy atom. The molecular formula is C14H29FN2O2S. The van der Waals surface area contributed by atoms with Crippen LogP contribution in [0.2, 0.25) is 0 Å². The molecule has 0 aliphatic heterocycles. The first-order valence-electron chi connectivity index (χ1n) is 7.46. The van der Waals surface area contributed by atoms with Crippen LogP contribution in [0.3, 0.4) is 0 Å². The number of likely N-dealkylation sites (N-methyl/N-ethyl adjacent to an activating group) is 2. The van der Waals surface area contributed by atoms with Gasteiger partial charge in [-0.15, -0.1) is 0 Å². The van der Waals surface area contributed by atoms with Crippen LogP contribution in [0.4, 0.5) is 4.39 Å². The molecule has 1 unspecified atom stereocenters. The van der Waals surface area contributed by atoms with Gasteiger partial charge < -0.3 is 9.80 Å². The average Bonchev–Trinajstić information content (AvgIpc) is 2.33. The molecule has 1 rings (SSSR count). The molecule has 0 amide bonds. The minimum atomic E-state index is -3.06. The minimum absolute atomic E-state index is 0.0239. The van der Waals surface area contributed by atoms with Gasteiger partial charge in [-0.1, -0.05) is 6.42 Å². The monoisotopic (exact) mass is 308 g/mol. The maximum atomic E-state index is 13.3. The zero-order valence-corrected chi connectivity index (χ0v) is 13.8. The zero-order valence-electron chi connectivity index (χ0n) is 13.0. The van der Waals surface area contributed by atoms with Crippen molar-refractivity contribution in [2.45, 2.75) is 31.9 Å². The molecule has 20 heavy (non-hydrogen) atoms. The van der Waals surface area contributed by atoms with E-state index in [1.54, 1.807) is 0 Å². The van der Waals surface area contributed by atoms with Crippen LogP contribution in [0, 0.1) is 5.92 Å². The quantitative estimate of drug-likeness (QED) is 0.680. The Hall–Kier alpha value is -0.200. The summed E-state index contributed by atoms with van der Waals surface area (Å²) in [6.45, 7) is 2.34. The lowest BCUT2D eigenvalue weighted by atomic mass is 9.89. The van der Waals surface area contributed by atoms with Gasteiger partial charge in [0.15, 0.2) is 9.84 Å². The number of alkyl halides is 1. The molecule has 4 nitrogen and oxygen atoms in total. The highest BCUT2D eigenvalue weighted by atomic mass is 32.2. The fourth-order valence-corrected chi connectivity index (χ4v) is 4.37. The number of hydrogen-bond acceptors (Lipinski definition) is 4. The average molecular weight is 308 g/mol. The van der Waals surface area contributed by atoms with Crippen molar-refractivity contribution in [2.24, 2.45) is 5.92 Å². The molecule has 0 saturated heterocycles. The lowest BCUT2D eigenvalue weighted by Crippen LogP contribution is -2.34. The SMILES string of the molecule is CN(C)CCN(C)CCS(=O)(=O)CC1CCC[C@H](F)C1. The Kier molecular flexibility index (Phi) is 7.40. The van der Waals surface area contributed by atoms with Gasteiger partial charge in [-0.2, -0.15) is 0 Å². The summed E-state index contributed by atoms with van der Waals surface area (Å²) in [6, 6.07) is 0. The Balaban J connectivity index is 2.30. The first kappa shape index (κ1) is 17.9. The maximum Gasteiger partial charge on any atom is 0.151 e. The van der Waals surface area contributed by atoms with Crippen LogP contribution in [0.25, 0.3) is 0 Å². The van der Waals surface area contributed by atoms with Gasteiger partial charge >= 0.3 is 0 Å². The van der Waals surface area contributed by atoms with Gasteiger partial charge in [0.25, 0.3) is 0 Å². The van der Waals surface area contributed by atoms with Crippen LogP contribution in [-0.4, -0.2) is 76.7 Å². The fourth-order valence-electron chi connectivity index (χ4n) is 2.60. The van der Waals surface area contributed by atoms with Crippen molar-refractivity contribution in [1.29, 1.82) is 0 Å². The second-order valence-corrected chi connectivity index (χ2v) is 8.58. The van der Waals surface area contributed by atoms with Crippen molar-refractivity contribution in [3.05, 3.63) is 0 Å². The Bertz CT molecular complexity index is 373. The number of halogens is 1. The molecule has 2 atom stereocenters. The van der Waals surface area contributed by atoms with E-state index in [1.807, 2.05) is 26.0 Å². The molecule has 1 aliphatic carbocycles. The van der Waals surface area contributed by atoms with Gasteiger partial charge in [0.1, 0.15) is 6.17 Å². The highest BCUT2D eigenvalue weighted by Gasteiger charge is 2.26. The van der Waals surface area contributed by atoms with Crippen molar-refractivity contribution in [1.82, 2.24) is 9.80 Å². The smallest absolute Gasteiger partial charge is 0.151 e. The largest absolute Gasteiger partial charge is 0.308 e. The summed E-state index contributed by atoms with van der Waals surface area (Å²) >= 11 is 0. The molecule has 0 radical (unpaired) electrons. The molecular weight excluding hydrogens is 279 g/mol. The van der Waals surface area contributed by atoms with E-state index in [4.69, 9.17) is 0 Å². The molecule has 120 valence electrons. The molecule has 6 heteroatoms. The maximum absolute atomic E-state index is 13.3. The summed E-state index contributed by atoms with van der Waals surface area (Å²) < 4.78 is 37.5. The van der Waals surface area contributed by atoms with E-state index in [-0.39, 0.29) is 17.4 Å². The number of nitrogens with zero attached hydrogens (tertiary/aromatic N) is 2. The second-order valence-electron chi connectivity index (χ2n) is 6.35. The molecule has 0 aromatic rings. The summed E-state index contributed by atoms with van der Waals surface area (Å²) in [5.41, 5.74) is 0. The van der Waals surface area contributed by atoms with Gasteiger partial charge in [0.05, 0.1) is 11.5 Å². The van der Waals surface area contributed by atoms with E-state index in [0.717, 1.165) is 25.9 Å². The van der Waals surface area contributed by atoms with Crippen LogP contribution < -0.4 is 0 Å². The molecule has 0 spiro atoms. The van der Waals surface area contributed by atoms with Crippen molar-refractivity contribution in [2.75, 3.05) is 52.3 Å². The Morgan fingerprint density at radius 2 is 1.80 bits per heavy atom. The second kappa shape index (κ2) is 8.29. The molecule has 0 aromatic carbocycles. The highest BCUT2D eigenvalue weighted by molar-refractivity contribution is 7.91. The van der Waals surface area contributed by atoms with Crippen LogP contribution in [-0.2, 0) is 9.84 Å². The lowest BCUT2D eigenvalue weighted by molar-refractivity contribution is 0.209. The predicted octanol–water partition coefficient (Wildman–Crippen LogP) is 1.42. The van der Waals surface area contributed by atoms with Gasteiger partial charge in [-0.25, -0.2) is 12.8 Å². The summed E-state index contributed by atoms with van der Waals surface area (Å²) in [5, 5.41) is 0. The third-order valence-electron chi connectivity index (χ3n) is 3.92. The van der Waals surface area contributed by atoms with Gasteiger partial charge in [0.2, 0.25) is 0 Å². The number of sulfone groups is 1. The molecule has 0 bridgehead atoms. The number of rotatable bonds is 8. The Labute approximate surface area is 123 Å². The van der Waals surface area contributed by atoms with Gasteiger partial charge in [-0.05, 0) is 46.3 Å². The van der Waals surface area contributed by atoms with Crippen LogP contribution in [0.1, 0.15) is 25.7 Å². The van der Waals surface area contributed by atoms with Crippen molar-refractivity contribution in [3.63, 3.8) is 0 Å². The molecule has 0 N–H and O–H groups in total. The van der Waals surface area contributed by atoms with Crippen LogP contribution in [0.15, 0.2) is 0 Å². The third kappa shape index (κ3) is 7.55. The van der Waals surface area contributed by atoms with E-state index >= 15 is 0 Å². The van der Waals surface area contributed by atoms with Gasteiger partial charge in [-0.3, -0.25) is 0 Å². The minimum Gasteiger partial charge on any atom is -0.308 e. The third-order valence-corrected chi connectivity index (χ3v) is 5.71. The van der Waals surface area contributed by atoms with Crippen LogP contribution >= 0.6 is 0 Å². The lowest BCUT2D eigenvalue weighted by Gasteiger charge is -2.25. The van der Waals surface area contributed by atoms with E-state index < -0.39 is 16.0 Å². The van der Waals surface area contributed by atoms with E-state index in [2.05, 4.69) is 4.90 Å². The molecule has 1 fully saturated rings. The fraction of sp³-hybridized carbons (Fsp3) is 1.00. The highest BCUT2D eigenvalue weighted by Crippen LogP contribution is 2.27. The summed E-state index contributed by atoms with van der Waals surface area (Å²) in [7, 11) is 2.88. The van der Waals surface area contributed by atoms with Crippen molar-refractivity contribution >= 4 is 9.84 Å². The number of hydrogen-bond donors (Lipinski definition) is 0. The van der Waals surface area contributed by atoms with Crippen molar-refractivity contribution in [3.8, 4) is 0 Å². The predicted molar refractivity (Wildman–Crippen MR) is 81.6 cm³/mol. The topological polar surface area (TPSA) is 40.6 Å². The molecule has 0 aromatic heterocycles. The summed E-state index contributed by atoms with van der Waals surface area (Å²) in [5.74, 6) is 0.370. The summed E-state index contributed by atoms with van der Waals surface area (Å²) in [6.07, 6.45) is 1.91. The normalized spacial score (nSPS) is 24.5. The van der Waals surface area contributed by atoms with E-state index in [9.17, 15) is 12.8 Å². The van der Waals surface area contributed by atoms with Crippen LogP contribution in [0.5, 0.6) is 0 Å².